The predicted molar refractivity (Wildman–Crippen MR) is 123 cm³/mol. The summed E-state index contributed by atoms with van der Waals surface area (Å²) in [5.74, 6) is -0.124. The van der Waals surface area contributed by atoms with E-state index in [-0.39, 0.29) is 30.4 Å². The van der Waals surface area contributed by atoms with E-state index < -0.39 is 0 Å². The van der Waals surface area contributed by atoms with E-state index in [0.29, 0.717) is 17.2 Å². The maximum Gasteiger partial charge on any atom is 0.253 e. The number of piperidine rings is 1. The van der Waals surface area contributed by atoms with Crippen molar-refractivity contribution in [2.45, 2.75) is 53.1 Å². The van der Waals surface area contributed by atoms with Crippen molar-refractivity contribution in [1.82, 2.24) is 15.6 Å². The quantitative estimate of drug-likeness (QED) is 0.646. The van der Waals surface area contributed by atoms with Crippen LogP contribution in [0.25, 0.3) is 0 Å². The molecule has 3 rings (SSSR count). The number of hydrogen-bond acceptors (Lipinski definition) is 5. The molecule has 1 fully saturated rings. The van der Waals surface area contributed by atoms with Gasteiger partial charge in [0.05, 0.1) is 10.6 Å². The van der Waals surface area contributed by atoms with Crippen molar-refractivity contribution in [3.05, 3.63) is 49.7 Å². The summed E-state index contributed by atoms with van der Waals surface area (Å²) in [4.78, 5) is 30.2. The van der Waals surface area contributed by atoms with Crippen molar-refractivity contribution < 1.29 is 4.79 Å². The molecule has 3 heterocycles. The normalized spacial score (nSPS) is 14.3. The standard InChI is InChI=1S/C21H30N4O2S.ClH/c1-5-25(16-6-8-22-9-7-16)21-15(4)18(12-28-21)19(26)23-11-17-13(2)10-14(3)24-20(17)27;/h10,12,16,22H,5-9,11H2,1-4H3,(H,23,26)(H,24,27);1H. The molecule has 1 aliphatic rings. The number of thiophene rings is 1. The summed E-state index contributed by atoms with van der Waals surface area (Å²) in [5.41, 5.74) is 3.92. The van der Waals surface area contributed by atoms with E-state index in [1.165, 1.54) is 5.00 Å². The molecule has 160 valence electrons. The monoisotopic (exact) mass is 438 g/mol. The van der Waals surface area contributed by atoms with Gasteiger partial charge in [0.1, 0.15) is 0 Å². The molecular formula is C21H31ClN4O2S. The Balaban J connectivity index is 0.00000300. The lowest BCUT2D eigenvalue weighted by Crippen LogP contribution is -2.43. The van der Waals surface area contributed by atoms with Crippen LogP contribution in [-0.2, 0) is 6.54 Å². The molecular weight excluding hydrogens is 408 g/mol. The lowest BCUT2D eigenvalue weighted by Gasteiger charge is -2.35. The Morgan fingerprint density at radius 3 is 2.59 bits per heavy atom. The Bertz CT molecular complexity index is 903. The molecule has 3 N–H and O–H groups in total. The van der Waals surface area contributed by atoms with Gasteiger partial charge >= 0.3 is 0 Å². The summed E-state index contributed by atoms with van der Waals surface area (Å²) < 4.78 is 0. The van der Waals surface area contributed by atoms with E-state index in [0.717, 1.165) is 49.3 Å². The third-order valence-corrected chi connectivity index (χ3v) is 6.65. The highest BCUT2D eigenvalue weighted by Gasteiger charge is 2.24. The number of aryl methyl sites for hydroxylation is 2. The minimum Gasteiger partial charge on any atom is -0.360 e. The Morgan fingerprint density at radius 2 is 1.97 bits per heavy atom. The van der Waals surface area contributed by atoms with Crippen LogP contribution in [0.4, 0.5) is 5.00 Å². The number of rotatable bonds is 6. The van der Waals surface area contributed by atoms with Crippen LogP contribution in [0.15, 0.2) is 16.2 Å². The van der Waals surface area contributed by atoms with Gasteiger partial charge in [0, 0.05) is 35.8 Å². The maximum absolute atomic E-state index is 12.8. The number of amides is 1. The highest BCUT2D eigenvalue weighted by molar-refractivity contribution is 7.14. The van der Waals surface area contributed by atoms with Crippen LogP contribution in [0.5, 0.6) is 0 Å². The highest BCUT2D eigenvalue weighted by atomic mass is 35.5. The van der Waals surface area contributed by atoms with Crippen molar-refractivity contribution in [2.75, 3.05) is 24.5 Å². The zero-order chi connectivity index (χ0) is 20.3. The summed E-state index contributed by atoms with van der Waals surface area (Å²) in [6.07, 6.45) is 2.25. The zero-order valence-corrected chi connectivity index (χ0v) is 19.2. The molecule has 0 unspecified atom stereocenters. The highest BCUT2D eigenvalue weighted by Crippen LogP contribution is 2.33. The van der Waals surface area contributed by atoms with Crippen LogP contribution in [0.1, 0.15) is 52.5 Å². The molecule has 0 atom stereocenters. The smallest absolute Gasteiger partial charge is 0.253 e. The molecule has 1 amide bonds. The van der Waals surface area contributed by atoms with E-state index in [2.05, 4.69) is 27.4 Å². The first kappa shape index (κ1) is 23.4. The van der Waals surface area contributed by atoms with Crippen molar-refractivity contribution in [2.24, 2.45) is 0 Å². The van der Waals surface area contributed by atoms with Gasteiger partial charge in [0.2, 0.25) is 0 Å². The molecule has 0 saturated carbocycles. The lowest BCUT2D eigenvalue weighted by atomic mass is 10.0. The SMILES string of the molecule is CCN(c1scc(C(=O)NCc2c(C)cc(C)[nH]c2=O)c1C)C1CCNCC1.Cl. The summed E-state index contributed by atoms with van der Waals surface area (Å²) in [5, 5.41) is 9.46. The second-order valence-corrected chi connectivity index (χ2v) is 8.33. The average molecular weight is 439 g/mol. The van der Waals surface area contributed by atoms with Crippen LogP contribution in [0.2, 0.25) is 0 Å². The first-order valence-electron chi connectivity index (χ1n) is 9.95. The van der Waals surface area contributed by atoms with Gasteiger partial charge in [0.15, 0.2) is 0 Å². The van der Waals surface area contributed by atoms with Gasteiger partial charge in [-0.2, -0.15) is 0 Å². The molecule has 1 saturated heterocycles. The summed E-state index contributed by atoms with van der Waals surface area (Å²) in [7, 11) is 0. The van der Waals surface area contributed by atoms with Gasteiger partial charge in [-0.1, -0.05) is 0 Å². The van der Waals surface area contributed by atoms with Crippen LogP contribution in [0.3, 0.4) is 0 Å². The fourth-order valence-corrected chi connectivity index (χ4v) is 5.18. The van der Waals surface area contributed by atoms with Crippen LogP contribution in [-0.4, -0.2) is 36.6 Å². The minimum absolute atomic E-state index is 0. The van der Waals surface area contributed by atoms with Crippen molar-refractivity contribution >= 4 is 34.7 Å². The molecule has 1 aliphatic heterocycles. The van der Waals surface area contributed by atoms with Gasteiger partial charge in [0.25, 0.3) is 11.5 Å². The number of anilines is 1. The van der Waals surface area contributed by atoms with E-state index in [9.17, 15) is 9.59 Å². The number of H-pyrrole nitrogens is 1. The Morgan fingerprint density at radius 1 is 1.28 bits per heavy atom. The number of halogens is 1. The molecule has 2 aromatic heterocycles. The number of nitrogens with zero attached hydrogens (tertiary/aromatic N) is 1. The van der Waals surface area contributed by atoms with Gasteiger partial charge in [-0.3, -0.25) is 9.59 Å². The Kier molecular flexibility index (Phi) is 8.31. The second-order valence-electron chi connectivity index (χ2n) is 7.47. The minimum atomic E-state index is -0.136. The number of aromatic nitrogens is 1. The van der Waals surface area contributed by atoms with E-state index in [4.69, 9.17) is 0 Å². The van der Waals surface area contributed by atoms with E-state index in [1.807, 2.05) is 32.2 Å². The van der Waals surface area contributed by atoms with Gasteiger partial charge in [-0.25, -0.2) is 0 Å². The maximum atomic E-state index is 12.8. The fourth-order valence-electron chi connectivity index (χ4n) is 3.96. The van der Waals surface area contributed by atoms with Gasteiger partial charge in [-0.15, -0.1) is 23.7 Å². The van der Waals surface area contributed by atoms with Crippen molar-refractivity contribution in [1.29, 1.82) is 0 Å². The van der Waals surface area contributed by atoms with E-state index in [1.54, 1.807) is 11.3 Å². The summed E-state index contributed by atoms with van der Waals surface area (Å²) in [6.45, 7) is 11.2. The summed E-state index contributed by atoms with van der Waals surface area (Å²) in [6, 6.07) is 2.45. The summed E-state index contributed by atoms with van der Waals surface area (Å²) >= 11 is 1.64. The number of hydrogen-bond donors (Lipinski definition) is 3. The molecule has 0 radical (unpaired) electrons. The third kappa shape index (κ3) is 5.21. The average Bonchev–Trinajstić information content (AvgIpc) is 3.04. The van der Waals surface area contributed by atoms with Crippen LogP contribution < -0.4 is 21.1 Å². The molecule has 0 spiro atoms. The Hall–Kier alpha value is -1.83. The topological polar surface area (TPSA) is 77.2 Å². The van der Waals surface area contributed by atoms with Gasteiger partial charge in [-0.05, 0) is 70.8 Å². The number of nitrogens with one attached hydrogen (secondary N) is 3. The molecule has 8 heteroatoms. The second kappa shape index (κ2) is 10.3. The largest absolute Gasteiger partial charge is 0.360 e. The molecule has 2 aromatic rings. The van der Waals surface area contributed by atoms with E-state index >= 15 is 0 Å². The molecule has 0 aromatic carbocycles. The number of aromatic amines is 1. The predicted octanol–water partition coefficient (Wildman–Crippen LogP) is 3.29. The molecule has 0 aliphatic carbocycles. The van der Waals surface area contributed by atoms with Crippen molar-refractivity contribution in [3.63, 3.8) is 0 Å². The van der Waals surface area contributed by atoms with Gasteiger partial charge < -0.3 is 20.5 Å². The zero-order valence-electron chi connectivity index (χ0n) is 17.6. The third-order valence-electron chi connectivity index (χ3n) is 5.53. The van der Waals surface area contributed by atoms with Crippen molar-refractivity contribution in [3.8, 4) is 0 Å². The molecule has 0 bridgehead atoms. The lowest BCUT2D eigenvalue weighted by molar-refractivity contribution is 0.0950. The molecule has 29 heavy (non-hydrogen) atoms. The van der Waals surface area contributed by atoms with Crippen LogP contribution >= 0.6 is 23.7 Å². The first-order chi connectivity index (χ1) is 13.4. The molecule has 6 nitrogen and oxygen atoms in total. The fraction of sp³-hybridized carbons (Fsp3) is 0.524. The first-order valence-corrected chi connectivity index (χ1v) is 10.8. The number of carbonyl (C=O) groups excluding carboxylic acids is 1. The number of carbonyl (C=O) groups is 1. The number of pyridine rings is 1. The van der Waals surface area contributed by atoms with Crippen LogP contribution in [0, 0.1) is 20.8 Å². The Labute approximate surface area is 182 Å².